The first-order chi connectivity index (χ1) is 28.9. The van der Waals surface area contributed by atoms with Gasteiger partial charge >= 0.3 is 7.12 Å². The molecule has 0 radical (unpaired) electrons. The normalized spacial score (nSPS) is 24.1. The van der Waals surface area contributed by atoms with Crippen molar-refractivity contribution in [2.45, 2.75) is 199 Å². The van der Waals surface area contributed by atoms with Gasteiger partial charge in [-0.05, 0) is 116 Å². The summed E-state index contributed by atoms with van der Waals surface area (Å²) in [5, 5.41) is 26.6. The van der Waals surface area contributed by atoms with Crippen LogP contribution in [-0.4, -0.2) is 115 Å². The molecule has 17 nitrogen and oxygen atoms in total. The van der Waals surface area contributed by atoms with Crippen LogP contribution in [0.15, 0.2) is 0 Å². The van der Waals surface area contributed by atoms with Crippen LogP contribution in [0.2, 0.25) is 0 Å². The lowest BCUT2D eigenvalue weighted by atomic mass is 9.43. The zero-order valence-electron chi connectivity index (χ0n) is 38.1. The first-order valence-electron chi connectivity index (χ1n) is 23.1. The van der Waals surface area contributed by atoms with Crippen molar-refractivity contribution >= 4 is 42.6 Å². The van der Waals surface area contributed by atoms with E-state index in [-0.39, 0.29) is 30.4 Å². The van der Waals surface area contributed by atoms with Gasteiger partial charge in [-0.2, -0.15) is 0 Å². The molecule has 0 aromatic carbocycles. The second kappa shape index (κ2) is 25.1. The van der Waals surface area contributed by atoms with E-state index in [0.717, 1.165) is 38.5 Å². The van der Waals surface area contributed by atoms with Crippen molar-refractivity contribution in [2.75, 3.05) is 19.6 Å². The highest BCUT2D eigenvalue weighted by molar-refractivity contribution is 6.47. The highest BCUT2D eigenvalue weighted by Gasteiger charge is 2.68. The molecular formula is C43H79BN8O9. The standard InChI is InChI=1S/C43H79BN8O9/c1-8-9-10-11-12-13-14-21-35(54)47-26-36(55)50-31(19-15-17-22-45)40(58)52-37(28(3)53)41(59)48-27(2)38(56)51-32(20-16-18-23-46)39(57)49-29(4)44-60-34-25-30-24-33(42(30,5)6)43(34,7)61-44/h27-34,37,53H,8-26,45-46H2,1-7H3,(H,47,54)(H,48,59)(H,49,57)(H,50,55)(H,51,56)(H,52,58). The summed E-state index contributed by atoms with van der Waals surface area (Å²) in [7, 11) is -0.653. The summed E-state index contributed by atoms with van der Waals surface area (Å²) >= 11 is 0. The Kier molecular flexibility index (Phi) is 21.4. The van der Waals surface area contributed by atoms with Crippen molar-refractivity contribution in [1.29, 1.82) is 0 Å². The quantitative estimate of drug-likeness (QED) is 0.0385. The average molecular weight is 863 g/mol. The summed E-state index contributed by atoms with van der Waals surface area (Å²) in [4.78, 5) is 79.3. The largest absolute Gasteiger partial charge is 0.481 e. The van der Waals surface area contributed by atoms with Gasteiger partial charge in [0.05, 0.1) is 30.3 Å². The molecule has 1 aliphatic heterocycles. The van der Waals surface area contributed by atoms with Crippen LogP contribution >= 0.6 is 0 Å². The number of nitrogens with two attached hydrogens (primary N) is 2. The van der Waals surface area contributed by atoms with Crippen LogP contribution in [0.5, 0.6) is 0 Å². The Labute approximate surface area is 364 Å². The lowest BCUT2D eigenvalue weighted by Crippen LogP contribution is -2.65. The van der Waals surface area contributed by atoms with Gasteiger partial charge in [0.2, 0.25) is 35.4 Å². The van der Waals surface area contributed by atoms with Gasteiger partial charge in [0, 0.05) is 6.42 Å². The number of amides is 6. The summed E-state index contributed by atoms with van der Waals surface area (Å²) in [6.07, 6.45) is 11.0. The van der Waals surface area contributed by atoms with Gasteiger partial charge in [0.25, 0.3) is 0 Å². The number of hydrogen-bond donors (Lipinski definition) is 9. The van der Waals surface area contributed by atoms with Crippen molar-refractivity contribution in [1.82, 2.24) is 31.9 Å². The molecule has 4 fully saturated rings. The van der Waals surface area contributed by atoms with Crippen LogP contribution in [0.1, 0.15) is 151 Å². The van der Waals surface area contributed by atoms with Gasteiger partial charge in [-0.3, -0.25) is 28.8 Å². The molecule has 0 aromatic rings. The number of unbranched alkanes of at least 4 members (excludes halogenated alkanes) is 8. The highest BCUT2D eigenvalue weighted by atomic mass is 16.7. The highest BCUT2D eigenvalue weighted by Crippen LogP contribution is 2.65. The maximum Gasteiger partial charge on any atom is 0.481 e. The Morgan fingerprint density at radius 3 is 1.89 bits per heavy atom. The molecule has 3 aliphatic carbocycles. The lowest BCUT2D eigenvalue weighted by molar-refractivity contribution is -0.199. The Morgan fingerprint density at radius 2 is 1.30 bits per heavy atom. The van der Waals surface area contributed by atoms with Crippen LogP contribution in [-0.2, 0) is 38.1 Å². The van der Waals surface area contributed by atoms with Gasteiger partial charge < -0.3 is 57.8 Å². The monoisotopic (exact) mass is 863 g/mol. The zero-order valence-corrected chi connectivity index (χ0v) is 38.1. The van der Waals surface area contributed by atoms with Gasteiger partial charge in [0.1, 0.15) is 24.2 Å². The number of carbonyl (C=O) groups excluding carboxylic acids is 6. The van der Waals surface area contributed by atoms with E-state index < -0.39 is 78.5 Å². The topological polar surface area (TPSA) is 265 Å². The zero-order chi connectivity index (χ0) is 45.3. The summed E-state index contributed by atoms with van der Waals surface area (Å²) in [6.45, 7) is 13.8. The third-order valence-corrected chi connectivity index (χ3v) is 13.2. The minimum absolute atomic E-state index is 0.0577. The van der Waals surface area contributed by atoms with Crippen LogP contribution in [0.3, 0.4) is 0 Å². The average Bonchev–Trinajstić information content (AvgIpc) is 3.58. The maximum atomic E-state index is 13.7. The molecule has 4 rings (SSSR count). The smallest absolute Gasteiger partial charge is 0.404 e. The van der Waals surface area contributed by atoms with E-state index in [1.807, 2.05) is 6.92 Å². The first kappa shape index (κ1) is 52.0. The number of hydrogen-bond acceptors (Lipinski definition) is 11. The second-order valence-electron chi connectivity index (χ2n) is 18.5. The van der Waals surface area contributed by atoms with E-state index in [2.05, 4.69) is 59.6 Å². The number of nitrogens with one attached hydrogen (secondary N) is 6. The minimum Gasteiger partial charge on any atom is -0.404 e. The van der Waals surface area contributed by atoms with E-state index >= 15 is 0 Å². The second-order valence-corrected chi connectivity index (χ2v) is 18.5. The number of rotatable bonds is 29. The molecule has 6 amide bonds. The summed E-state index contributed by atoms with van der Waals surface area (Å²) in [5.41, 5.74) is 11.1. The van der Waals surface area contributed by atoms with E-state index in [0.29, 0.717) is 63.5 Å². The van der Waals surface area contributed by atoms with Crippen LogP contribution < -0.4 is 43.4 Å². The molecular weight excluding hydrogens is 783 g/mol. The van der Waals surface area contributed by atoms with Gasteiger partial charge in [-0.25, -0.2) is 0 Å². The third kappa shape index (κ3) is 15.2. The van der Waals surface area contributed by atoms with Gasteiger partial charge in [-0.15, -0.1) is 0 Å². The fourth-order valence-corrected chi connectivity index (χ4v) is 9.11. The predicted octanol–water partition coefficient (Wildman–Crippen LogP) is 1.61. The fraction of sp³-hybridized carbons (Fsp3) is 0.860. The molecule has 348 valence electrons. The van der Waals surface area contributed by atoms with Crippen LogP contribution in [0.25, 0.3) is 0 Å². The summed E-state index contributed by atoms with van der Waals surface area (Å²) in [6, 6.07) is -4.70. The molecule has 10 atom stereocenters. The van der Waals surface area contributed by atoms with Crippen LogP contribution in [0.4, 0.5) is 0 Å². The van der Waals surface area contributed by atoms with E-state index in [4.69, 9.17) is 20.8 Å². The molecule has 0 spiro atoms. The number of aliphatic hydroxyl groups excluding tert-OH is 1. The predicted molar refractivity (Wildman–Crippen MR) is 234 cm³/mol. The third-order valence-electron chi connectivity index (χ3n) is 13.2. The minimum atomic E-state index is -1.49. The van der Waals surface area contributed by atoms with Gasteiger partial charge in [0.15, 0.2) is 0 Å². The SMILES string of the molecule is CCCCCCCCCC(=O)NCC(=O)NC(CCCCN)C(=O)NC(C(=O)NC(C)C(=O)NC(CCCCN)C(=O)NC(C)B1OC2CC3CC(C3(C)C)C2(C)O1)C(C)O. The molecule has 0 aromatic heterocycles. The molecule has 10 unspecified atom stereocenters. The Balaban J connectivity index is 1.54. The molecule has 61 heavy (non-hydrogen) atoms. The summed E-state index contributed by atoms with van der Waals surface area (Å²) < 4.78 is 12.9. The molecule has 3 saturated carbocycles. The van der Waals surface area contributed by atoms with Crippen molar-refractivity contribution in [3.8, 4) is 0 Å². The van der Waals surface area contributed by atoms with Crippen molar-refractivity contribution in [3.05, 3.63) is 0 Å². The summed E-state index contributed by atoms with van der Waals surface area (Å²) in [5.74, 6) is -3.08. The van der Waals surface area contributed by atoms with Crippen molar-refractivity contribution < 1.29 is 43.2 Å². The molecule has 2 bridgehead atoms. The maximum absolute atomic E-state index is 13.7. The van der Waals surface area contributed by atoms with E-state index in [1.165, 1.54) is 33.1 Å². The number of carbonyl (C=O) groups is 6. The first-order valence-corrected chi connectivity index (χ1v) is 23.1. The van der Waals surface area contributed by atoms with Gasteiger partial charge in [-0.1, -0.05) is 59.3 Å². The molecule has 4 aliphatic rings. The lowest BCUT2D eigenvalue weighted by Gasteiger charge is -2.64. The van der Waals surface area contributed by atoms with E-state index in [1.54, 1.807) is 0 Å². The van der Waals surface area contributed by atoms with E-state index in [9.17, 15) is 33.9 Å². The van der Waals surface area contributed by atoms with Crippen molar-refractivity contribution in [2.24, 2.45) is 28.7 Å². The Hall–Kier alpha value is -3.32. The molecule has 11 N–H and O–H groups in total. The molecule has 1 heterocycles. The van der Waals surface area contributed by atoms with Crippen LogP contribution in [0, 0.1) is 17.3 Å². The molecule has 18 heteroatoms. The Bertz CT molecular complexity index is 1460. The number of aliphatic hydroxyl groups is 1. The Morgan fingerprint density at radius 1 is 0.705 bits per heavy atom. The fourth-order valence-electron chi connectivity index (χ4n) is 9.11. The van der Waals surface area contributed by atoms with Crippen molar-refractivity contribution in [3.63, 3.8) is 0 Å². The molecule has 1 saturated heterocycles.